The van der Waals surface area contributed by atoms with E-state index in [-0.39, 0.29) is 48.5 Å². The Morgan fingerprint density at radius 1 is 0.727 bits per heavy atom. The van der Waals surface area contributed by atoms with Crippen LogP contribution < -0.4 is 5.32 Å². The number of nitrogens with one attached hydrogen (secondary N) is 1. The van der Waals surface area contributed by atoms with Crippen molar-refractivity contribution in [2.24, 2.45) is 11.8 Å². The molecule has 0 radical (unpaired) electrons. The Labute approximate surface area is 255 Å². The summed E-state index contributed by atoms with van der Waals surface area (Å²) in [4.78, 5) is 64.9. The number of benzene rings is 3. The summed E-state index contributed by atoms with van der Waals surface area (Å²) in [5.74, 6) is -2.62. The summed E-state index contributed by atoms with van der Waals surface area (Å²) in [6.07, 6.45) is 1.86. The molecule has 0 unspecified atom stereocenters. The first-order valence-corrected chi connectivity index (χ1v) is 15.1. The molecule has 0 spiro atoms. The van der Waals surface area contributed by atoms with Crippen molar-refractivity contribution in [2.75, 3.05) is 25.1 Å². The van der Waals surface area contributed by atoms with Gasteiger partial charge in [-0.15, -0.1) is 0 Å². The van der Waals surface area contributed by atoms with Crippen LogP contribution in [0.25, 0.3) is 0 Å². The van der Waals surface area contributed by atoms with Crippen molar-refractivity contribution in [1.29, 1.82) is 0 Å². The van der Waals surface area contributed by atoms with Crippen molar-refractivity contribution < 1.29 is 33.4 Å². The van der Waals surface area contributed by atoms with E-state index in [1.165, 1.54) is 4.90 Å². The van der Waals surface area contributed by atoms with Gasteiger partial charge >= 0.3 is 11.9 Å². The molecule has 9 nitrogen and oxygen atoms in total. The highest BCUT2D eigenvalue weighted by Crippen LogP contribution is 2.60. The number of anilines is 1. The smallest absolute Gasteiger partial charge is 0.338 e. The predicted octanol–water partition coefficient (Wildman–Crippen LogP) is 4.80. The molecule has 2 bridgehead atoms. The molecule has 7 rings (SSSR count). The van der Waals surface area contributed by atoms with E-state index in [0.717, 1.165) is 22.3 Å². The Balaban J connectivity index is 0.956. The second-order valence-electron chi connectivity index (χ2n) is 11.4. The Bertz CT molecular complexity index is 1500. The van der Waals surface area contributed by atoms with Crippen molar-refractivity contribution in [3.63, 3.8) is 0 Å². The largest absolute Gasteiger partial charge is 0.462 e. The highest BCUT2D eigenvalue weighted by molar-refractivity contribution is 6.07. The molecule has 1 heterocycles. The average Bonchev–Trinajstić information content (AvgIpc) is 3.29. The monoisotopic (exact) mass is 594 g/mol. The van der Waals surface area contributed by atoms with Gasteiger partial charge in [0.05, 0.1) is 24.0 Å². The van der Waals surface area contributed by atoms with E-state index in [2.05, 4.69) is 29.6 Å². The molecule has 1 saturated heterocycles. The lowest BCUT2D eigenvalue weighted by atomic mass is 9.55. The van der Waals surface area contributed by atoms with Crippen LogP contribution in [0.1, 0.15) is 77.1 Å². The van der Waals surface area contributed by atoms with Gasteiger partial charge in [-0.3, -0.25) is 24.1 Å². The summed E-state index contributed by atoms with van der Waals surface area (Å²) < 4.78 is 10.0. The number of unbranched alkanes of at least 4 members (excludes halogenated alkanes) is 2. The van der Waals surface area contributed by atoms with Gasteiger partial charge in [0.2, 0.25) is 11.8 Å². The number of hydrogen-bond acceptors (Lipinski definition) is 7. The molecule has 4 aliphatic rings. The number of ether oxygens (including phenoxy) is 2. The van der Waals surface area contributed by atoms with Gasteiger partial charge < -0.3 is 14.8 Å². The van der Waals surface area contributed by atoms with Crippen molar-refractivity contribution in [2.45, 2.75) is 44.4 Å². The third-order valence-electron chi connectivity index (χ3n) is 8.85. The Hall–Kier alpha value is -4.79. The molecule has 3 aliphatic carbocycles. The molecule has 1 aliphatic heterocycles. The van der Waals surface area contributed by atoms with Gasteiger partial charge in [-0.05, 0) is 66.3 Å². The van der Waals surface area contributed by atoms with Gasteiger partial charge in [0.15, 0.2) is 6.61 Å². The molecule has 1 fully saturated rings. The van der Waals surface area contributed by atoms with Crippen molar-refractivity contribution in [3.8, 4) is 0 Å². The maximum absolute atomic E-state index is 13.7. The van der Waals surface area contributed by atoms with Crippen molar-refractivity contribution >= 4 is 35.3 Å². The van der Waals surface area contributed by atoms with Crippen LogP contribution in [0, 0.1) is 11.8 Å². The molecule has 3 amide bonds. The fourth-order valence-electron chi connectivity index (χ4n) is 6.99. The molecule has 9 heteroatoms. The van der Waals surface area contributed by atoms with Gasteiger partial charge in [-0.25, -0.2) is 4.79 Å². The fourth-order valence-corrected chi connectivity index (χ4v) is 6.99. The van der Waals surface area contributed by atoms with E-state index in [4.69, 9.17) is 9.47 Å². The molecular formula is C35H34N2O7. The highest BCUT2D eigenvalue weighted by atomic mass is 16.5. The van der Waals surface area contributed by atoms with Crippen LogP contribution in [0.5, 0.6) is 0 Å². The molecular weight excluding hydrogens is 560 g/mol. The summed E-state index contributed by atoms with van der Waals surface area (Å²) in [6.45, 7) is 1.89. The minimum Gasteiger partial charge on any atom is -0.462 e. The third-order valence-corrected chi connectivity index (χ3v) is 8.85. The van der Waals surface area contributed by atoms with E-state index in [1.807, 2.05) is 24.3 Å². The first-order valence-electron chi connectivity index (χ1n) is 15.1. The fraction of sp³-hybridized carbons (Fsp3) is 0.343. The molecule has 3 aromatic carbocycles. The summed E-state index contributed by atoms with van der Waals surface area (Å²) in [5, 5.41) is 2.62. The van der Waals surface area contributed by atoms with Crippen LogP contribution in [0.15, 0.2) is 72.8 Å². The van der Waals surface area contributed by atoms with Crippen LogP contribution in [0.3, 0.4) is 0 Å². The quantitative estimate of drug-likeness (QED) is 0.193. The van der Waals surface area contributed by atoms with E-state index in [1.54, 1.807) is 31.2 Å². The number of amides is 3. The molecule has 44 heavy (non-hydrogen) atoms. The number of carbonyl (C=O) groups excluding carboxylic acids is 5. The zero-order valence-electron chi connectivity index (χ0n) is 24.5. The molecule has 3 aromatic rings. The number of nitrogens with zero attached hydrogens (tertiary/aromatic N) is 1. The minimum absolute atomic E-state index is 0.0973. The standard InChI is InChI=1S/C35H34N2O7/c1-2-43-35(42)21-15-17-22(18-16-21)36-27(38)20-44-28(39)14-4-3-9-19-37-33(40)31-29-23-10-5-6-11-24(23)30(32(31)34(37)41)26-13-8-7-12-25(26)29/h5-8,10-13,15-18,29-32H,2-4,9,14,19-20H2,1H3,(H,36,38)/t29?,30?,31-,32-/m1/s1. The highest BCUT2D eigenvalue weighted by Gasteiger charge is 2.61. The van der Waals surface area contributed by atoms with Gasteiger partial charge in [-0.2, -0.15) is 0 Å². The number of likely N-dealkylation sites (tertiary alicyclic amines) is 1. The van der Waals surface area contributed by atoms with E-state index in [0.29, 0.717) is 37.1 Å². The topological polar surface area (TPSA) is 119 Å². The Kier molecular flexibility index (Phi) is 8.28. The minimum atomic E-state index is -0.496. The lowest BCUT2D eigenvalue weighted by molar-refractivity contribution is -0.147. The maximum Gasteiger partial charge on any atom is 0.338 e. The zero-order valence-corrected chi connectivity index (χ0v) is 24.5. The number of hydrogen-bond donors (Lipinski definition) is 1. The normalized spacial score (nSPS) is 20.9. The molecule has 2 atom stereocenters. The molecule has 226 valence electrons. The van der Waals surface area contributed by atoms with E-state index < -0.39 is 24.5 Å². The number of rotatable bonds is 11. The van der Waals surface area contributed by atoms with Gasteiger partial charge in [0, 0.05) is 30.5 Å². The van der Waals surface area contributed by atoms with Gasteiger partial charge in [-0.1, -0.05) is 55.0 Å². The molecule has 0 aromatic heterocycles. The van der Waals surface area contributed by atoms with Crippen LogP contribution in [-0.4, -0.2) is 54.3 Å². The van der Waals surface area contributed by atoms with Crippen LogP contribution in [-0.2, 0) is 28.7 Å². The van der Waals surface area contributed by atoms with Crippen LogP contribution in [0.2, 0.25) is 0 Å². The lowest BCUT2D eigenvalue weighted by Crippen LogP contribution is -2.41. The lowest BCUT2D eigenvalue weighted by Gasteiger charge is -2.45. The van der Waals surface area contributed by atoms with Gasteiger partial charge in [0.25, 0.3) is 5.91 Å². The second kappa shape index (κ2) is 12.4. The number of carbonyl (C=O) groups is 5. The Morgan fingerprint density at radius 3 is 1.80 bits per heavy atom. The summed E-state index contributed by atoms with van der Waals surface area (Å²) in [6, 6.07) is 22.6. The van der Waals surface area contributed by atoms with Crippen molar-refractivity contribution in [3.05, 3.63) is 101 Å². The summed E-state index contributed by atoms with van der Waals surface area (Å²) in [7, 11) is 0. The third kappa shape index (κ3) is 5.38. The first-order chi connectivity index (χ1) is 21.4. The number of imide groups is 1. The molecule has 0 saturated carbocycles. The van der Waals surface area contributed by atoms with E-state index >= 15 is 0 Å². The first kappa shape index (κ1) is 29.3. The van der Waals surface area contributed by atoms with Gasteiger partial charge in [0.1, 0.15) is 0 Å². The van der Waals surface area contributed by atoms with Crippen LogP contribution in [0.4, 0.5) is 5.69 Å². The second-order valence-corrected chi connectivity index (χ2v) is 11.4. The van der Waals surface area contributed by atoms with Crippen molar-refractivity contribution in [1.82, 2.24) is 4.90 Å². The zero-order chi connectivity index (χ0) is 30.8. The SMILES string of the molecule is CCOC(=O)c1ccc(NC(=O)COC(=O)CCCCCN2C(=O)[C@@H]3C4c5ccccc5C(c5ccccc54)[C@H]3C2=O)cc1. The summed E-state index contributed by atoms with van der Waals surface area (Å²) >= 11 is 0. The number of esters is 2. The predicted molar refractivity (Wildman–Crippen MR) is 161 cm³/mol. The maximum atomic E-state index is 13.7. The van der Waals surface area contributed by atoms with Crippen LogP contribution >= 0.6 is 0 Å². The summed E-state index contributed by atoms with van der Waals surface area (Å²) in [5.41, 5.74) is 5.44. The average molecular weight is 595 g/mol. The Morgan fingerprint density at radius 2 is 1.27 bits per heavy atom. The molecule has 1 N–H and O–H groups in total. The van der Waals surface area contributed by atoms with E-state index in [9.17, 15) is 24.0 Å².